The lowest BCUT2D eigenvalue weighted by Gasteiger charge is -2.21. The molecule has 31 heavy (non-hydrogen) atoms. The summed E-state index contributed by atoms with van der Waals surface area (Å²) in [6, 6.07) is 13.6. The fourth-order valence-corrected chi connectivity index (χ4v) is 3.02. The number of carbonyl (C=O) groups excluding carboxylic acids is 3. The van der Waals surface area contributed by atoms with E-state index in [1.165, 1.54) is 6.33 Å². The molecule has 0 radical (unpaired) electrons. The van der Waals surface area contributed by atoms with E-state index in [0.29, 0.717) is 36.4 Å². The van der Waals surface area contributed by atoms with Gasteiger partial charge in [0.05, 0.1) is 6.54 Å². The van der Waals surface area contributed by atoms with Gasteiger partial charge in [-0.15, -0.1) is 0 Å². The van der Waals surface area contributed by atoms with Crippen molar-refractivity contribution in [1.29, 1.82) is 0 Å². The average molecular weight is 420 g/mol. The minimum absolute atomic E-state index is 0.131. The Hall–Kier alpha value is -4.01. The summed E-state index contributed by atoms with van der Waals surface area (Å²) in [4.78, 5) is 41.7. The van der Waals surface area contributed by atoms with E-state index >= 15 is 0 Å². The maximum absolute atomic E-state index is 12.8. The van der Waals surface area contributed by atoms with E-state index in [1.807, 2.05) is 19.1 Å². The van der Waals surface area contributed by atoms with Crippen molar-refractivity contribution < 1.29 is 14.4 Å². The molecule has 3 aromatic rings. The molecule has 3 rings (SSSR count). The SMILES string of the molecule is CCN(CCC(=O)Nc1ccc(C(N)=O)cc1)C(=O)c1ccc(Cn2cncn2)cc1. The van der Waals surface area contributed by atoms with Crippen LogP contribution in [0.4, 0.5) is 5.69 Å². The topological polar surface area (TPSA) is 123 Å². The predicted octanol–water partition coefficient (Wildman–Crippen LogP) is 1.92. The zero-order chi connectivity index (χ0) is 22.2. The first-order chi connectivity index (χ1) is 15.0. The van der Waals surface area contributed by atoms with E-state index in [9.17, 15) is 14.4 Å². The lowest BCUT2D eigenvalue weighted by atomic mass is 10.1. The molecule has 3 N–H and O–H groups in total. The van der Waals surface area contributed by atoms with Crippen LogP contribution in [-0.2, 0) is 11.3 Å². The molecule has 3 amide bonds. The van der Waals surface area contributed by atoms with Gasteiger partial charge in [-0.1, -0.05) is 12.1 Å². The van der Waals surface area contributed by atoms with Crippen molar-refractivity contribution in [2.75, 3.05) is 18.4 Å². The van der Waals surface area contributed by atoms with Gasteiger partial charge >= 0.3 is 0 Å². The molecule has 2 aromatic carbocycles. The Kier molecular flexibility index (Phi) is 7.10. The maximum atomic E-state index is 12.8. The number of aromatic nitrogens is 3. The summed E-state index contributed by atoms with van der Waals surface area (Å²) in [5.74, 6) is -0.879. The number of rotatable bonds is 9. The van der Waals surface area contributed by atoms with Gasteiger partial charge in [0.25, 0.3) is 5.91 Å². The van der Waals surface area contributed by atoms with E-state index in [2.05, 4.69) is 15.4 Å². The van der Waals surface area contributed by atoms with Crippen molar-refractivity contribution in [3.8, 4) is 0 Å². The Morgan fingerprint density at radius 3 is 2.29 bits per heavy atom. The first-order valence-corrected chi connectivity index (χ1v) is 9.86. The number of benzene rings is 2. The Bertz CT molecular complexity index is 1030. The van der Waals surface area contributed by atoms with Gasteiger partial charge in [-0.25, -0.2) is 9.67 Å². The second kappa shape index (κ2) is 10.1. The molecule has 0 aliphatic heterocycles. The predicted molar refractivity (Wildman–Crippen MR) is 115 cm³/mol. The number of anilines is 1. The minimum atomic E-state index is -0.526. The van der Waals surface area contributed by atoms with Crippen molar-refractivity contribution in [3.63, 3.8) is 0 Å². The van der Waals surface area contributed by atoms with Gasteiger partial charge in [0.15, 0.2) is 0 Å². The van der Waals surface area contributed by atoms with Crippen LogP contribution in [0.25, 0.3) is 0 Å². The normalized spacial score (nSPS) is 10.5. The third-order valence-electron chi connectivity index (χ3n) is 4.74. The Balaban J connectivity index is 1.53. The first kappa shape index (κ1) is 21.7. The number of amides is 3. The highest BCUT2D eigenvalue weighted by Gasteiger charge is 2.16. The standard InChI is InChI=1S/C22H24N6O3/c1-2-27(12-11-20(29)26-19-9-7-17(8-10-19)21(23)30)22(31)18-5-3-16(4-6-18)13-28-15-24-14-25-28/h3-10,14-15H,2,11-13H2,1H3,(H2,23,30)(H,26,29). The van der Waals surface area contributed by atoms with Gasteiger partial charge in [0.1, 0.15) is 12.7 Å². The maximum Gasteiger partial charge on any atom is 0.253 e. The van der Waals surface area contributed by atoms with Gasteiger partial charge in [0.2, 0.25) is 11.8 Å². The Labute approximate surface area is 179 Å². The average Bonchev–Trinajstić information content (AvgIpc) is 3.28. The summed E-state index contributed by atoms with van der Waals surface area (Å²) in [5.41, 5.74) is 7.70. The molecular formula is C22H24N6O3. The Morgan fingerprint density at radius 2 is 1.71 bits per heavy atom. The van der Waals surface area contributed by atoms with E-state index in [-0.39, 0.29) is 18.2 Å². The summed E-state index contributed by atoms with van der Waals surface area (Å²) in [7, 11) is 0. The summed E-state index contributed by atoms with van der Waals surface area (Å²) in [5, 5.41) is 6.82. The highest BCUT2D eigenvalue weighted by Crippen LogP contribution is 2.12. The minimum Gasteiger partial charge on any atom is -0.366 e. The zero-order valence-electron chi connectivity index (χ0n) is 17.2. The van der Waals surface area contributed by atoms with Crippen LogP contribution in [0.5, 0.6) is 0 Å². The van der Waals surface area contributed by atoms with E-state index in [0.717, 1.165) is 5.56 Å². The molecule has 0 fully saturated rings. The van der Waals surface area contributed by atoms with Crippen LogP contribution in [0, 0.1) is 0 Å². The molecular weight excluding hydrogens is 396 g/mol. The monoisotopic (exact) mass is 420 g/mol. The third-order valence-corrected chi connectivity index (χ3v) is 4.74. The molecule has 0 spiro atoms. The molecule has 0 atom stereocenters. The summed E-state index contributed by atoms with van der Waals surface area (Å²) >= 11 is 0. The largest absolute Gasteiger partial charge is 0.366 e. The number of nitrogens with zero attached hydrogens (tertiary/aromatic N) is 4. The third kappa shape index (κ3) is 5.99. The van der Waals surface area contributed by atoms with Crippen LogP contribution >= 0.6 is 0 Å². The van der Waals surface area contributed by atoms with Crippen molar-refractivity contribution in [3.05, 3.63) is 77.9 Å². The highest BCUT2D eigenvalue weighted by molar-refractivity contribution is 5.96. The number of nitrogens with two attached hydrogens (primary N) is 1. The number of carbonyl (C=O) groups is 3. The van der Waals surface area contributed by atoms with E-state index in [1.54, 1.807) is 52.3 Å². The lowest BCUT2D eigenvalue weighted by molar-refractivity contribution is -0.116. The fourth-order valence-electron chi connectivity index (χ4n) is 3.02. The molecule has 9 nitrogen and oxygen atoms in total. The van der Waals surface area contributed by atoms with Crippen LogP contribution < -0.4 is 11.1 Å². The van der Waals surface area contributed by atoms with E-state index in [4.69, 9.17) is 5.73 Å². The fraction of sp³-hybridized carbons (Fsp3) is 0.227. The molecule has 0 aliphatic carbocycles. The van der Waals surface area contributed by atoms with Gasteiger partial charge in [0, 0.05) is 36.3 Å². The van der Waals surface area contributed by atoms with Crippen LogP contribution in [0.1, 0.15) is 39.6 Å². The zero-order valence-corrected chi connectivity index (χ0v) is 17.2. The molecule has 160 valence electrons. The number of nitrogens with one attached hydrogen (secondary N) is 1. The van der Waals surface area contributed by atoms with Crippen molar-refractivity contribution >= 4 is 23.4 Å². The molecule has 0 aliphatic rings. The molecule has 0 saturated heterocycles. The molecule has 0 bridgehead atoms. The van der Waals surface area contributed by atoms with Crippen molar-refractivity contribution in [2.24, 2.45) is 5.73 Å². The van der Waals surface area contributed by atoms with E-state index < -0.39 is 5.91 Å². The van der Waals surface area contributed by atoms with Crippen molar-refractivity contribution in [1.82, 2.24) is 19.7 Å². The number of primary amides is 1. The van der Waals surface area contributed by atoms with Gasteiger partial charge in [-0.2, -0.15) is 5.10 Å². The molecule has 0 unspecified atom stereocenters. The summed E-state index contributed by atoms with van der Waals surface area (Å²) in [6.45, 7) is 3.23. The summed E-state index contributed by atoms with van der Waals surface area (Å²) < 4.78 is 1.70. The smallest absolute Gasteiger partial charge is 0.253 e. The number of hydrogen-bond donors (Lipinski definition) is 2. The van der Waals surface area contributed by atoms with Gasteiger partial charge in [-0.05, 0) is 48.9 Å². The van der Waals surface area contributed by atoms with Gasteiger partial charge < -0.3 is 16.0 Å². The van der Waals surface area contributed by atoms with Crippen LogP contribution in [0.15, 0.2) is 61.2 Å². The lowest BCUT2D eigenvalue weighted by Crippen LogP contribution is -2.33. The summed E-state index contributed by atoms with van der Waals surface area (Å²) in [6.07, 6.45) is 3.26. The molecule has 1 heterocycles. The van der Waals surface area contributed by atoms with Crippen LogP contribution in [0.2, 0.25) is 0 Å². The second-order valence-electron chi connectivity index (χ2n) is 6.91. The Morgan fingerprint density at radius 1 is 1.03 bits per heavy atom. The van der Waals surface area contributed by atoms with Gasteiger partial charge in [-0.3, -0.25) is 14.4 Å². The second-order valence-corrected chi connectivity index (χ2v) is 6.91. The first-order valence-electron chi connectivity index (χ1n) is 9.86. The molecule has 0 saturated carbocycles. The molecule has 1 aromatic heterocycles. The highest BCUT2D eigenvalue weighted by atomic mass is 16.2. The van der Waals surface area contributed by atoms with Crippen LogP contribution in [0.3, 0.4) is 0 Å². The van der Waals surface area contributed by atoms with Crippen LogP contribution in [-0.4, -0.2) is 50.5 Å². The molecule has 9 heteroatoms. The number of hydrogen-bond acceptors (Lipinski definition) is 5. The quantitative estimate of drug-likeness (QED) is 0.547. The van der Waals surface area contributed by atoms with Crippen molar-refractivity contribution in [2.45, 2.75) is 19.9 Å².